The minimum absolute atomic E-state index is 0.0246. The van der Waals surface area contributed by atoms with Gasteiger partial charge in [0.05, 0.1) is 24.1 Å². The number of aryl methyl sites for hydroxylation is 1. The van der Waals surface area contributed by atoms with Crippen molar-refractivity contribution in [3.8, 4) is 16.9 Å². The van der Waals surface area contributed by atoms with Crippen LogP contribution in [0.4, 0.5) is 0 Å². The van der Waals surface area contributed by atoms with Crippen molar-refractivity contribution >= 4 is 17.5 Å². The second-order valence-corrected chi connectivity index (χ2v) is 7.41. The quantitative estimate of drug-likeness (QED) is 0.436. The van der Waals surface area contributed by atoms with Crippen molar-refractivity contribution < 1.29 is 4.79 Å². The Kier molecular flexibility index (Phi) is 6.25. The van der Waals surface area contributed by atoms with Gasteiger partial charge in [0, 0.05) is 47.8 Å². The van der Waals surface area contributed by atoms with Gasteiger partial charge in [0.2, 0.25) is 5.91 Å². The van der Waals surface area contributed by atoms with E-state index in [1.165, 1.54) is 0 Å². The Bertz CT molecular complexity index is 1090. The smallest absolute Gasteiger partial charge is 0.224 e. The molecule has 2 aromatic carbocycles. The molecule has 1 amide bonds. The second kappa shape index (κ2) is 9.41. The van der Waals surface area contributed by atoms with Crippen LogP contribution in [0.15, 0.2) is 79.5 Å². The number of nitrogens with one attached hydrogen (secondary N) is 1. The van der Waals surface area contributed by atoms with E-state index in [0.717, 1.165) is 35.5 Å². The Balaban J connectivity index is 1.48. The molecule has 0 bridgehead atoms. The number of hydrogen-bond donors (Lipinski definition) is 1. The summed E-state index contributed by atoms with van der Waals surface area (Å²) < 4.78 is 3.81. The molecule has 0 aliphatic heterocycles. The molecule has 0 unspecified atom stereocenters. The fourth-order valence-corrected chi connectivity index (χ4v) is 3.37. The Morgan fingerprint density at radius 1 is 1.07 bits per heavy atom. The van der Waals surface area contributed by atoms with E-state index in [-0.39, 0.29) is 12.3 Å². The van der Waals surface area contributed by atoms with Gasteiger partial charge in [-0.1, -0.05) is 41.9 Å². The lowest BCUT2D eigenvalue weighted by atomic mass is 10.1. The van der Waals surface area contributed by atoms with Crippen LogP contribution in [0.1, 0.15) is 12.0 Å². The summed E-state index contributed by atoms with van der Waals surface area (Å²) in [5.41, 5.74) is 3.52. The number of para-hydroxylation sites is 1. The molecule has 0 fully saturated rings. The molecule has 2 heterocycles. The second-order valence-electron chi connectivity index (χ2n) is 6.97. The highest BCUT2D eigenvalue weighted by Crippen LogP contribution is 2.25. The molecule has 0 saturated heterocycles. The monoisotopic (exact) mass is 419 g/mol. The van der Waals surface area contributed by atoms with Crippen LogP contribution in [-0.4, -0.2) is 31.8 Å². The zero-order valence-corrected chi connectivity index (χ0v) is 17.2. The largest absolute Gasteiger partial charge is 0.356 e. The predicted octanol–water partition coefficient (Wildman–Crippen LogP) is 4.14. The molecule has 0 radical (unpaired) electrons. The summed E-state index contributed by atoms with van der Waals surface area (Å²) in [6.45, 7) is 1.43. The third kappa shape index (κ3) is 4.96. The van der Waals surface area contributed by atoms with Crippen LogP contribution >= 0.6 is 11.6 Å². The van der Waals surface area contributed by atoms with Crippen molar-refractivity contribution in [2.24, 2.45) is 0 Å². The van der Waals surface area contributed by atoms with Gasteiger partial charge in [-0.05, 0) is 30.7 Å². The molecule has 7 heteroatoms. The van der Waals surface area contributed by atoms with Crippen molar-refractivity contribution in [3.63, 3.8) is 0 Å². The number of halogens is 1. The normalized spacial score (nSPS) is 10.8. The van der Waals surface area contributed by atoms with Crippen LogP contribution in [0.2, 0.25) is 5.02 Å². The number of amides is 1. The van der Waals surface area contributed by atoms with Crippen LogP contribution in [-0.2, 0) is 17.8 Å². The maximum Gasteiger partial charge on any atom is 0.224 e. The third-order valence-corrected chi connectivity index (χ3v) is 5.01. The van der Waals surface area contributed by atoms with E-state index in [9.17, 15) is 4.79 Å². The van der Waals surface area contributed by atoms with Crippen LogP contribution in [0, 0.1) is 0 Å². The maximum atomic E-state index is 12.6. The summed E-state index contributed by atoms with van der Waals surface area (Å²) in [6, 6.07) is 17.4. The topological polar surface area (TPSA) is 64.7 Å². The number of aromatic nitrogens is 4. The lowest BCUT2D eigenvalue weighted by Gasteiger charge is -2.06. The van der Waals surface area contributed by atoms with E-state index >= 15 is 0 Å². The summed E-state index contributed by atoms with van der Waals surface area (Å²) in [4.78, 5) is 16.6. The molecular weight excluding hydrogens is 398 g/mol. The van der Waals surface area contributed by atoms with Gasteiger partial charge >= 0.3 is 0 Å². The summed E-state index contributed by atoms with van der Waals surface area (Å²) >= 11 is 6.04. The Hall–Kier alpha value is -3.38. The lowest BCUT2D eigenvalue weighted by Crippen LogP contribution is -2.26. The van der Waals surface area contributed by atoms with Crippen molar-refractivity contribution in [2.45, 2.75) is 19.4 Å². The number of benzene rings is 2. The molecule has 0 saturated carbocycles. The summed E-state index contributed by atoms with van der Waals surface area (Å²) in [5.74, 6) is -0.0246. The minimum atomic E-state index is -0.0246. The third-order valence-electron chi connectivity index (χ3n) is 4.75. The van der Waals surface area contributed by atoms with Crippen molar-refractivity contribution in [3.05, 3.63) is 90.1 Å². The SMILES string of the molecule is O=C(Cc1cn(-c2ccccc2)nc1-c1ccc(Cl)cc1)NCCCn1ccnc1. The Labute approximate surface area is 180 Å². The Morgan fingerprint density at radius 2 is 1.87 bits per heavy atom. The molecule has 4 aromatic rings. The van der Waals surface area contributed by atoms with Crippen molar-refractivity contribution in [1.29, 1.82) is 0 Å². The highest BCUT2D eigenvalue weighted by atomic mass is 35.5. The van der Waals surface area contributed by atoms with Crippen LogP contribution in [0.25, 0.3) is 16.9 Å². The fourth-order valence-electron chi connectivity index (χ4n) is 3.25. The molecule has 0 spiro atoms. The summed E-state index contributed by atoms with van der Waals surface area (Å²) in [5, 5.41) is 8.41. The molecule has 6 nitrogen and oxygen atoms in total. The number of carbonyl (C=O) groups is 1. The van der Waals surface area contributed by atoms with E-state index in [4.69, 9.17) is 16.7 Å². The first-order chi connectivity index (χ1) is 14.7. The van der Waals surface area contributed by atoms with Crippen molar-refractivity contribution in [2.75, 3.05) is 6.54 Å². The summed E-state index contributed by atoms with van der Waals surface area (Å²) in [6.07, 6.45) is 8.47. The summed E-state index contributed by atoms with van der Waals surface area (Å²) in [7, 11) is 0. The van der Waals surface area contributed by atoms with Gasteiger partial charge in [0.1, 0.15) is 0 Å². The van der Waals surface area contributed by atoms with E-state index in [1.807, 2.05) is 76.2 Å². The van der Waals surface area contributed by atoms with Crippen molar-refractivity contribution in [1.82, 2.24) is 24.6 Å². The van der Waals surface area contributed by atoms with Gasteiger partial charge in [-0.3, -0.25) is 4.79 Å². The molecule has 0 aliphatic carbocycles. The van der Waals surface area contributed by atoms with Crippen LogP contribution < -0.4 is 5.32 Å². The average molecular weight is 420 g/mol. The van der Waals surface area contributed by atoms with Gasteiger partial charge < -0.3 is 9.88 Å². The first-order valence-corrected chi connectivity index (χ1v) is 10.2. The molecule has 152 valence electrons. The standard InChI is InChI=1S/C23H22ClN5O/c24-20-9-7-18(8-10-20)23-19(16-29(27-23)21-5-2-1-3-6-21)15-22(30)26-11-4-13-28-14-12-25-17-28/h1-3,5-10,12,14,16-17H,4,11,13,15H2,(H,26,30). The minimum Gasteiger partial charge on any atom is -0.356 e. The molecule has 4 rings (SSSR count). The van der Waals surface area contributed by atoms with Gasteiger partial charge in [0.25, 0.3) is 0 Å². The molecule has 2 aromatic heterocycles. The zero-order valence-electron chi connectivity index (χ0n) is 16.4. The molecule has 1 N–H and O–H groups in total. The molecular formula is C23H22ClN5O. The van der Waals surface area contributed by atoms with E-state index < -0.39 is 0 Å². The van der Waals surface area contributed by atoms with Crippen LogP contribution in [0.5, 0.6) is 0 Å². The average Bonchev–Trinajstić information content (AvgIpc) is 3.43. The zero-order chi connectivity index (χ0) is 20.8. The number of nitrogens with zero attached hydrogens (tertiary/aromatic N) is 4. The molecule has 0 aliphatic rings. The van der Waals surface area contributed by atoms with Crippen LogP contribution in [0.3, 0.4) is 0 Å². The first-order valence-electron chi connectivity index (χ1n) is 9.81. The fraction of sp³-hybridized carbons (Fsp3) is 0.174. The van der Waals surface area contributed by atoms with Gasteiger partial charge in [-0.2, -0.15) is 5.10 Å². The van der Waals surface area contributed by atoms with Gasteiger partial charge in [-0.15, -0.1) is 0 Å². The number of imidazole rings is 1. The molecule has 0 atom stereocenters. The molecule has 30 heavy (non-hydrogen) atoms. The number of carbonyl (C=O) groups excluding carboxylic acids is 1. The Morgan fingerprint density at radius 3 is 2.60 bits per heavy atom. The van der Waals surface area contributed by atoms with Gasteiger partial charge in [0.15, 0.2) is 0 Å². The lowest BCUT2D eigenvalue weighted by molar-refractivity contribution is -0.120. The predicted molar refractivity (Wildman–Crippen MR) is 118 cm³/mol. The van der Waals surface area contributed by atoms with Gasteiger partial charge in [-0.25, -0.2) is 9.67 Å². The van der Waals surface area contributed by atoms with E-state index in [2.05, 4.69) is 10.3 Å². The number of rotatable bonds is 8. The number of hydrogen-bond acceptors (Lipinski definition) is 3. The maximum absolute atomic E-state index is 12.6. The highest BCUT2D eigenvalue weighted by molar-refractivity contribution is 6.30. The van der Waals surface area contributed by atoms with E-state index in [0.29, 0.717) is 11.6 Å². The first kappa shape index (κ1) is 19.9. The highest BCUT2D eigenvalue weighted by Gasteiger charge is 2.15. The van der Waals surface area contributed by atoms with E-state index in [1.54, 1.807) is 12.5 Å².